The van der Waals surface area contributed by atoms with Gasteiger partial charge in [0.05, 0.1) is 12.2 Å². The molecule has 4 rings (SSSR count). The molecule has 0 heterocycles. The molecule has 0 aromatic heterocycles. The van der Waals surface area contributed by atoms with Gasteiger partial charge in [-0.1, -0.05) is 37.6 Å². The predicted octanol–water partition coefficient (Wildman–Crippen LogP) is 3.13. The van der Waals surface area contributed by atoms with Crippen molar-refractivity contribution in [1.82, 2.24) is 0 Å². The quantitative estimate of drug-likeness (QED) is 0.472. The van der Waals surface area contributed by atoms with Gasteiger partial charge in [0.2, 0.25) is 0 Å². The second-order valence-corrected chi connectivity index (χ2v) is 9.08. The third-order valence-corrected chi connectivity index (χ3v) is 7.90. The van der Waals surface area contributed by atoms with Crippen LogP contribution in [0.2, 0.25) is 0 Å². The predicted molar refractivity (Wildman–Crippen MR) is 92.8 cm³/mol. The molecule has 0 aromatic rings. The lowest BCUT2D eigenvalue weighted by Gasteiger charge is -2.58. The summed E-state index contributed by atoms with van der Waals surface area (Å²) in [7, 11) is 0. The molecule has 132 valence electrons. The maximum atomic E-state index is 11.1. The fourth-order valence-corrected chi connectivity index (χ4v) is 6.74. The summed E-state index contributed by atoms with van der Waals surface area (Å²) >= 11 is 0. The molecule has 3 saturated carbocycles. The molecule has 0 aromatic carbocycles. The molecular weight excluding hydrogens is 302 g/mol. The molecule has 4 aliphatic carbocycles. The van der Waals surface area contributed by atoms with E-state index in [2.05, 4.69) is 32.0 Å². The number of nitrogens with zero attached hydrogens (tertiary/aromatic N) is 1. The lowest BCUT2D eigenvalue weighted by molar-refractivity contribution is -0.130. The molecule has 4 heteroatoms. The molecule has 0 spiro atoms. The van der Waals surface area contributed by atoms with Gasteiger partial charge in [-0.15, -0.1) is 0 Å². The SMILES string of the molecule is C[C@H]1CC2[C@@H]3CCC4=C/C(=N/O)C=C[C@]4(C)C3C(O)C[C@]2(C)[C@@H]1O. The van der Waals surface area contributed by atoms with Crippen LogP contribution in [0.1, 0.15) is 46.5 Å². The average Bonchev–Trinajstić information content (AvgIpc) is 2.77. The Morgan fingerprint density at radius 2 is 2.00 bits per heavy atom. The van der Waals surface area contributed by atoms with Crippen LogP contribution in [0.25, 0.3) is 0 Å². The number of hydrogen-bond donors (Lipinski definition) is 3. The van der Waals surface area contributed by atoms with Crippen molar-refractivity contribution in [3.8, 4) is 0 Å². The number of hydrogen-bond acceptors (Lipinski definition) is 4. The maximum Gasteiger partial charge on any atom is 0.102 e. The summed E-state index contributed by atoms with van der Waals surface area (Å²) in [6.45, 7) is 6.56. The van der Waals surface area contributed by atoms with Crippen LogP contribution in [0.5, 0.6) is 0 Å². The van der Waals surface area contributed by atoms with Crippen LogP contribution in [-0.4, -0.2) is 33.3 Å². The van der Waals surface area contributed by atoms with Gasteiger partial charge in [0, 0.05) is 11.3 Å². The minimum atomic E-state index is -0.401. The van der Waals surface area contributed by atoms with Crippen LogP contribution in [0.4, 0.5) is 0 Å². The fourth-order valence-electron chi connectivity index (χ4n) is 6.74. The van der Waals surface area contributed by atoms with Crippen molar-refractivity contribution in [2.45, 2.75) is 58.7 Å². The molecule has 0 saturated heterocycles. The van der Waals surface area contributed by atoms with Gasteiger partial charge in [-0.3, -0.25) is 0 Å². The van der Waals surface area contributed by atoms with E-state index in [1.807, 2.05) is 12.2 Å². The summed E-state index contributed by atoms with van der Waals surface area (Å²) in [5.41, 5.74) is 1.54. The molecule has 3 unspecified atom stereocenters. The van der Waals surface area contributed by atoms with E-state index in [1.54, 1.807) is 0 Å². The van der Waals surface area contributed by atoms with Gasteiger partial charge in [-0.25, -0.2) is 0 Å². The van der Waals surface area contributed by atoms with Gasteiger partial charge >= 0.3 is 0 Å². The summed E-state index contributed by atoms with van der Waals surface area (Å²) in [4.78, 5) is 0. The molecule has 0 amide bonds. The summed E-state index contributed by atoms with van der Waals surface area (Å²) in [5.74, 6) is 1.42. The van der Waals surface area contributed by atoms with Crippen molar-refractivity contribution in [3.05, 3.63) is 23.8 Å². The second-order valence-electron chi connectivity index (χ2n) is 9.08. The summed E-state index contributed by atoms with van der Waals surface area (Å²) in [6, 6.07) is 0. The summed E-state index contributed by atoms with van der Waals surface area (Å²) in [5, 5.41) is 34.3. The standard InChI is InChI=1S/C20H29NO3/c1-11-8-15-14-5-4-12-9-13(21-24)6-7-19(12,2)17(14)16(22)10-20(15,3)18(11)23/h6-7,9,11,14-18,22-24H,4-5,8,10H2,1-3H3/b21-13+/t11-,14-,15?,16?,17?,18+,19-,20-/m0/s1. The van der Waals surface area contributed by atoms with Gasteiger partial charge in [0.1, 0.15) is 5.71 Å². The molecule has 8 atom stereocenters. The smallest absolute Gasteiger partial charge is 0.102 e. The van der Waals surface area contributed by atoms with Crippen molar-refractivity contribution in [2.24, 2.45) is 39.7 Å². The largest absolute Gasteiger partial charge is 0.410 e. The number of rotatable bonds is 0. The number of fused-ring (bicyclic) bond motifs is 5. The molecule has 4 nitrogen and oxygen atoms in total. The molecular formula is C20H29NO3. The molecule has 0 radical (unpaired) electrons. The van der Waals surface area contributed by atoms with Crippen LogP contribution < -0.4 is 0 Å². The van der Waals surface area contributed by atoms with Crippen molar-refractivity contribution in [1.29, 1.82) is 0 Å². The highest BCUT2D eigenvalue weighted by molar-refractivity contribution is 6.05. The van der Waals surface area contributed by atoms with E-state index in [0.717, 1.165) is 19.3 Å². The number of oxime groups is 1. The maximum absolute atomic E-state index is 11.1. The molecule has 0 aliphatic heterocycles. The Morgan fingerprint density at radius 3 is 2.71 bits per heavy atom. The fraction of sp³-hybridized carbons (Fsp3) is 0.750. The highest BCUT2D eigenvalue weighted by Crippen LogP contribution is 2.65. The van der Waals surface area contributed by atoms with Gasteiger partial charge in [-0.05, 0) is 61.0 Å². The Kier molecular flexibility index (Phi) is 3.53. The van der Waals surface area contributed by atoms with Gasteiger partial charge in [-0.2, -0.15) is 0 Å². The number of aliphatic hydroxyl groups excluding tert-OH is 2. The number of allylic oxidation sites excluding steroid dienone is 4. The normalized spacial score (nSPS) is 54.9. The van der Waals surface area contributed by atoms with E-state index in [1.165, 1.54) is 5.57 Å². The third-order valence-electron chi connectivity index (χ3n) is 7.90. The summed E-state index contributed by atoms with van der Waals surface area (Å²) < 4.78 is 0. The Hall–Kier alpha value is -1.13. The second kappa shape index (κ2) is 5.18. The van der Waals surface area contributed by atoms with Crippen molar-refractivity contribution >= 4 is 5.71 Å². The molecule has 0 bridgehead atoms. The van der Waals surface area contributed by atoms with Gasteiger partial charge in [0.15, 0.2) is 0 Å². The lowest BCUT2D eigenvalue weighted by atomic mass is 9.47. The Bertz CT molecular complexity index is 639. The molecule has 24 heavy (non-hydrogen) atoms. The minimum Gasteiger partial charge on any atom is -0.410 e. The van der Waals surface area contributed by atoms with E-state index >= 15 is 0 Å². The highest BCUT2D eigenvalue weighted by atomic mass is 16.4. The zero-order valence-corrected chi connectivity index (χ0v) is 14.8. The van der Waals surface area contributed by atoms with E-state index in [-0.39, 0.29) is 22.9 Å². The van der Waals surface area contributed by atoms with Crippen molar-refractivity contribution < 1.29 is 15.4 Å². The lowest BCUT2D eigenvalue weighted by Crippen LogP contribution is -2.56. The zero-order valence-electron chi connectivity index (χ0n) is 14.8. The van der Waals surface area contributed by atoms with Crippen LogP contribution >= 0.6 is 0 Å². The topological polar surface area (TPSA) is 73.1 Å². The van der Waals surface area contributed by atoms with E-state index in [0.29, 0.717) is 29.9 Å². The van der Waals surface area contributed by atoms with Crippen LogP contribution in [0.3, 0.4) is 0 Å². The summed E-state index contributed by atoms with van der Waals surface area (Å²) in [6.07, 6.45) is 9.06. The first-order valence-electron chi connectivity index (χ1n) is 9.29. The molecule has 3 N–H and O–H groups in total. The molecule has 3 fully saturated rings. The molecule has 4 aliphatic rings. The highest BCUT2D eigenvalue weighted by Gasteiger charge is 2.62. The minimum absolute atomic E-state index is 0.159. The van der Waals surface area contributed by atoms with E-state index in [4.69, 9.17) is 5.21 Å². The van der Waals surface area contributed by atoms with Crippen molar-refractivity contribution in [3.63, 3.8) is 0 Å². The Morgan fingerprint density at radius 1 is 1.25 bits per heavy atom. The van der Waals surface area contributed by atoms with Crippen LogP contribution in [0, 0.1) is 34.5 Å². The monoisotopic (exact) mass is 331 g/mol. The van der Waals surface area contributed by atoms with Crippen molar-refractivity contribution in [2.75, 3.05) is 0 Å². The van der Waals surface area contributed by atoms with E-state index in [9.17, 15) is 10.2 Å². The van der Waals surface area contributed by atoms with Crippen LogP contribution in [-0.2, 0) is 0 Å². The van der Waals surface area contributed by atoms with Gasteiger partial charge < -0.3 is 15.4 Å². The van der Waals surface area contributed by atoms with Crippen LogP contribution in [0.15, 0.2) is 29.0 Å². The van der Waals surface area contributed by atoms with Gasteiger partial charge in [0.25, 0.3) is 0 Å². The Balaban J connectivity index is 1.74. The first kappa shape index (κ1) is 16.3. The Labute approximate surface area is 144 Å². The first-order valence-corrected chi connectivity index (χ1v) is 9.29. The number of aliphatic hydroxyl groups is 2. The zero-order chi connectivity index (χ0) is 17.3. The third kappa shape index (κ3) is 1.96. The first-order chi connectivity index (χ1) is 11.3. The van der Waals surface area contributed by atoms with E-state index < -0.39 is 6.10 Å². The average molecular weight is 331 g/mol.